The fraction of sp³-hybridized carbons (Fsp3) is 0.773. The monoisotopic (exact) mass is 782 g/mol. The van der Waals surface area contributed by atoms with E-state index >= 15 is 0 Å². The van der Waals surface area contributed by atoms with E-state index in [2.05, 4.69) is 67.8 Å². The molecule has 0 heterocycles. The maximum Gasteiger partial charge on any atom is 0.472 e. The van der Waals surface area contributed by atoms with Gasteiger partial charge >= 0.3 is 13.8 Å². The van der Waals surface area contributed by atoms with Crippen LogP contribution in [0.15, 0.2) is 48.6 Å². The summed E-state index contributed by atoms with van der Waals surface area (Å²) in [7, 11) is -4.42. The predicted octanol–water partition coefficient (Wildman–Crippen LogP) is 11.9. The summed E-state index contributed by atoms with van der Waals surface area (Å²) in [5.41, 5.74) is 0. The SMILES string of the molecule is CC/C=C\C/C=C\C/C=C\CCCCCCCC(=O)NCCOP(=O)(O)OCC(O)COC(=O)CCCCCCCCC/C=C\CCCCCCCCC. The summed E-state index contributed by atoms with van der Waals surface area (Å²) in [4.78, 5) is 33.9. The molecule has 0 aromatic carbocycles. The van der Waals surface area contributed by atoms with Crippen LogP contribution in [0.25, 0.3) is 0 Å². The first-order valence-electron chi connectivity index (χ1n) is 21.6. The number of carbonyl (C=O) groups excluding carboxylic acids is 2. The molecule has 0 aromatic rings. The number of aliphatic hydroxyl groups excluding tert-OH is 1. The average Bonchev–Trinajstić information content (AvgIpc) is 3.16. The molecular weight excluding hydrogens is 701 g/mol. The predicted molar refractivity (Wildman–Crippen MR) is 224 cm³/mol. The Morgan fingerprint density at radius 2 is 1.06 bits per heavy atom. The third kappa shape index (κ3) is 41.1. The van der Waals surface area contributed by atoms with Crippen molar-refractivity contribution in [3.8, 4) is 0 Å². The zero-order valence-electron chi connectivity index (χ0n) is 34.4. The number of allylic oxidation sites excluding steroid dienone is 8. The lowest BCUT2D eigenvalue weighted by Gasteiger charge is -2.15. The van der Waals surface area contributed by atoms with E-state index in [1.54, 1.807) is 0 Å². The highest BCUT2D eigenvalue weighted by Gasteiger charge is 2.23. The zero-order chi connectivity index (χ0) is 39.6. The van der Waals surface area contributed by atoms with Crippen LogP contribution < -0.4 is 5.32 Å². The number of nitrogens with one attached hydrogen (secondary N) is 1. The third-order valence-corrected chi connectivity index (χ3v) is 9.98. The van der Waals surface area contributed by atoms with Crippen LogP contribution in [0.2, 0.25) is 0 Å². The number of rotatable bonds is 40. The van der Waals surface area contributed by atoms with Crippen LogP contribution in [0, 0.1) is 0 Å². The van der Waals surface area contributed by atoms with Gasteiger partial charge in [0.25, 0.3) is 0 Å². The van der Waals surface area contributed by atoms with Gasteiger partial charge in [0.15, 0.2) is 0 Å². The van der Waals surface area contributed by atoms with Gasteiger partial charge in [0.1, 0.15) is 12.7 Å². The van der Waals surface area contributed by atoms with E-state index < -0.39 is 26.5 Å². The van der Waals surface area contributed by atoms with Gasteiger partial charge in [-0.15, -0.1) is 0 Å². The largest absolute Gasteiger partial charge is 0.472 e. The van der Waals surface area contributed by atoms with Crippen molar-refractivity contribution in [2.75, 3.05) is 26.4 Å². The van der Waals surface area contributed by atoms with Gasteiger partial charge in [-0.25, -0.2) is 4.57 Å². The second-order valence-corrected chi connectivity index (χ2v) is 15.7. The van der Waals surface area contributed by atoms with Crippen molar-refractivity contribution in [1.82, 2.24) is 5.32 Å². The van der Waals surface area contributed by atoms with Crippen molar-refractivity contribution in [2.24, 2.45) is 0 Å². The van der Waals surface area contributed by atoms with Gasteiger partial charge in [-0.1, -0.05) is 152 Å². The first kappa shape index (κ1) is 52.0. The third-order valence-electron chi connectivity index (χ3n) is 8.99. The van der Waals surface area contributed by atoms with E-state index in [4.69, 9.17) is 13.8 Å². The van der Waals surface area contributed by atoms with E-state index in [0.29, 0.717) is 6.42 Å². The van der Waals surface area contributed by atoms with Gasteiger partial charge in [-0.3, -0.25) is 18.6 Å². The molecule has 0 saturated carbocycles. The summed E-state index contributed by atoms with van der Waals surface area (Å²) in [6.07, 6.45) is 46.1. The first-order valence-corrected chi connectivity index (χ1v) is 23.1. The standard InChI is InChI=1S/C44H80NO8P/c1-3-5-7-9-11-13-15-17-19-20-21-23-25-27-29-31-33-35-37-44(48)51-40-42(46)41-53-54(49,50)52-39-38-45-43(47)36-34-32-30-28-26-24-22-18-16-14-12-10-8-6-4-2/h6,8,12,14,18-20,22,42,46H,3-5,7,9-11,13,15-17,21,23-41H2,1-2H3,(H,45,47)(H,49,50)/b8-6-,14-12-,20-19-,22-18-. The van der Waals surface area contributed by atoms with Gasteiger partial charge in [0.05, 0.1) is 13.2 Å². The molecule has 3 N–H and O–H groups in total. The number of esters is 1. The maximum absolute atomic E-state index is 12.1. The Balaban J connectivity index is 3.62. The maximum atomic E-state index is 12.1. The first-order chi connectivity index (χ1) is 26.3. The number of hydrogen-bond donors (Lipinski definition) is 3. The Morgan fingerprint density at radius 1 is 0.593 bits per heavy atom. The molecule has 0 aliphatic carbocycles. The van der Waals surface area contributed by atoms with E-state index in [1.807, 2.05) is 0 Å². The molecule has 10 heteroatoms. The number of carbonyl (C=O) groups is 2. The number of unbranched alkanes of at least 4 members (excludes halogenated alkanes) is 19. The Bertz CT molecular complexity index is 1030. The van der Waals surface area contributed by atoms with Crippen LogP contribution in [-0.2, 0) is 27.9 Å². The summed E-state index contributed by atoms with van der Waals surface area (Å²) in [6, 6.07) is 0. The molecule has 9 nitrogen and oxygen atoms in total. The second-order valence-electron chi connectivity index (χ2n) is 14.3. The van der Waals surface area contributed by atoms with Crippen LogP contribution in [0.5, 0.6) is 0 Å². The van der Waals surface area contributed by atoms with Crippen molar-refractivity contribution in [3.63, 3.8) is 0 Å². The van der Waals surface area contributed by atoms with E-state index in [9.17, 15) is 24.2 Å². The molecule has 0 spiro atoms. The summed E-state index contributed by atoms with van der Waals surface area (Å²) in [5, 5.41) is 12.7. The lowest BCUT2D eigenvalue weighted by Crippen LogP contribution is -2.27. The Labute approximate surface area is 330 Å². The zero-order valence-corrected chi connectivity index (χ0v) is 35.3. The summed E-state index contributed by atoms with van der Waals surface area (Å²) >= 11 is 0. The number of ether oxygens (including phenoxy) is 1. The highest BCUT2D eigenvalue weighted by atomic mass is 31.2. The van der Waals surface area contributed by atoms with Crippen molar-refractivity contribution in [3.05, 3.63) is 48.6 Å². The van der Waals surface area contributed by atoms with Crippen LogP contribution >= 0.6 is 7.82 Å². The minimum absolute atomic E-state index is 0.0703. The quantitative estimate of drug-likeness (QED) is 0.0242. The number of hydrogen-bond acceptors (Lipinski definition) is 7. The Kier molecular flexibility index (Phi) is 39.1. The molecule has 0 fully saturated rings. The molecule has 54 heavy (non-hydrogen) atoms. The van der Waals surface area contributed by atoms with E-state index in [0.717, 1.165) is 83.5 Å². The van der Waals surface area contributed by atoms with Gasteiger partial charge in [0.2, 0.25) is 5.91 Å². The summed E-state index contributed by atoms with van der Waals surface area (Å²) in [6.45, 7) is 3.41. The van der Waals surface area contributed by atoms with Gasteiger partial charge in [-0.2, -0.15) is 0 Å². The Morgan fingerprint density at radius 3 is 1.61 bits per heavy atom. The van der Waals surface area contributed by atoms with Crippen LogP contribution in [0.1, 0.15) is 187 Å². The highest BCUT2D eigenvalue weighted by molar-refractivity contribution is 7.47. The fourth-order valence-corrected chi connectivity index (χ4v) is 6.50. The smallest absolute Gasteiger partial charge is 0.463 e. The minimum atomic E-state index is -4.42. The summed E-state index contributed by atoms with van der Waals surface area (Å²) < 4.78 is 26.9. The topological polar surface area (TPSA) is 131 Å². The van der Waals surface area contributed by atoms with Crippen molar-refractivity contribution < 1.29 is 37.9 Å². The molecule has 0 bridgehead atoms. The van der Waals surface area contributed by atoms with Crippen molar-refractivity contribution in [1.29, 1.82) is 0 Å². The molecule has 0 saturated heterocycles. The fourth-order valence-electron chi connectivity index (χ4n) is 5.74. The number of phosphoric ester groups is 1. The number of phosphoric acid groups is 1. The van der Waals surface area contributed by atoms with E-state index in [-0.39, 0.29) is 32.1 Å². The molecule has 2 unspecified atom stereocenters. The van der Waals surface area contributed by atoms with Crippen LogP contribution in [0.3, 0.4) is 0 Å². The molecule has 0 radical (unpaired) electrons. The van der Waals surface area contributed by atoms with Gasteiger partial charge in [0, 0.05) is 19.4 Å². The number of aliphatic hydroxyl groups is 1. The lowest BCUT2D eigenvalue weighted by atomic mass is 10.1. The second kappa shape index (κ2) is 40.6. The minimum Gasteiger partial charge on any atom is -0.463 e. The number of amides is 1. The summed E-state index contributed by atoms with van der Waals surface area (Å²) in [5.74, 6) is -0.539. The molecule has 0 aliphatic heterocycles. The lowest BCUT2D eigenvalue weighted by molar-refractivity contribution is -0.147. The molecule has 0 rings (SSSR count). The Hall–Kier alpha value is -2.03. The molecule has 0 aliphatic rings. The van der Waals surface area contributed by atoms with Crippen LogP contribution in [0.4, 0.5) is 0 Å². The molecule has 0 aromatic heterocycles. The van der Waals surface area contributed by atoms with Crippen molar-refractivity contribution in [2.45, 2.75) is 193 Å². The molecule has 2 atom stereocenters. The van der Waals surface area contributed by atoms with E-state index in [1.165, 1.54) is 77.0 Å². The van der Waals surface area contributed by atoms with Gasteiger partial charge in [-0.05, 0) is 70.6 Å². The highest BCUT2D eigenvalue weighted by Crippen LogP contribution is 2.42. The molecule has 1 amide bonds. The van der Waals surface area contributed by atoms with Crippen molar-refractivity contribution >= 4 is 19.7 Å². The average molecular weight is 782 g/mol. The molecular formula is C44H80NO8P. The molecule has 314 valence electrons. The van der Waals surface area contributed by atoms with Gasteiger partial charge < -0.3 is 20.1 Å². The van der Waals surface area contributed by atoms with Crippen LogP contribution in [-0.4, -0.2) is 54.3 Å². The normalized spacial score (nSPS) is 13.8.